The van der Waals surface area contributed by atoms with E-state index in [1.807, 2.05) is 13.8 Å². The number of aromatic nitrogens is 2. The Bertz CT molecular complexity index is 328. The third kappa shape index (κ3) is 3.79. The fraction of sp³-hybridized carbons (Fsp3) is 0.556. The molecule has 1 aromatic rings. The van der Waals surface area contributed by atoms with Crippen LogP contribution in [0, 0.1) is 5.92 Å². The van der Waals surface area contributed by atoms with E-state index in [1.165, 1.54) is 10.9 Å². The summed E-state index contributed by atoms with van der Waals surface area (Å²) in [5.74, 6) is 0.580. The number of nitrogens with one attached hydrogen (secondary N) is 1. The Labute approximate surface area is 93.6 Å². The smallest absolute Gasteiger partial charge is 0.241 e. The molecular formula is C9H15ClN4O. The van der Waals surface area contributed by atoms with Crippen molar-refractivity contribution in [3.8, 4) is 0 Å². The van der Waals surface area contributed by atoms with Gasteiger partial charge in [-0.3, -0.25) is 9.48 Å². The Balaban J connectivity index is 2.44. The third-order valence-corrected chi connectivity index (χ3v) is 2.05. The Morgan fingerprint density at radius 2 is 2.40 bits per heavy atom. The van der Waals surface area contributed by atoms with Crippen LogP contribution < -0.4 is 11.1 Å². The van der Waals surface area contributed by atoms with Crippen molar-refractivity contribution in [2.24, 2.45) is 5.92 Å². The number of carbonyl (C=O) groups excluding carboxylic acids is 1. The molecule has 1 heterocycles. The summed E-state index contributed by atoms with van der Waals surface area (Å²) in [6.07, 6.45) is 1.53. The lowest BCUT2D eigenvalue weighted by atomic mass is 10.2. The van der Waals surface area contributed by atoms with Crippen molar-refractivity contribution in [1.29, 1.82) is 0 Å². The summed E-state index contributed by atoms with van der Waals surface area (Å²) in [6, 6.07) is 0. The lowest BCUT2D eigenvalue weighted by molar-refractivity contribution is -0.122. The highest BCUT2D eigenvalue weighted by Crippen LogP contribution is 2.14. The van der Waals surface area contributed by atoms with Crippen LogP contribution in [0.4, 0.5) is 5.82 Å². The molecule has 0 aliphatic rings. The fourth-order valence-corrected chi connectivity index (χ4v) is 1.16. The first-order chi connectivity index (χ1) is 6.99. The van der Waals surface area contributed by atoms with Gasteiger partial charge in [-0.2, -0.15) is 5.10 Å². The number of anilines is 1. The van der Waals surface area contributed by atoms with E-state index in [2.05, 4.69) is 10.4 Å². The molecule has 84 valence electrons. The highest BCUT2D eigenvalue weighted by Gasteiger charge is 2.07. The van der Waals surface area contributed by atoms with Crippen LogP contribution in [-0.4, -0.2) is 22.2 Å². The Hall–Kier alpha value is -1.23. The Kier molecular flexibility index (Phi) is 3.96. The molecule has 1 amide bonds. The molecule has 0 spiro atoms. The number of halogens is 1. The van der Waals surface area contributed by atoms with Gasteiger partial charge in [0.15, 0.2) is 5.82 Å². The van der Waals surface area contributed by atoms with Crippen molar-refractivity contribution in [3.05, 3.63) is 11.2 Å². The molecule has 3 N–H and O–H groups in total. The first-order valence-corrected chi connectivity index (χ1v) is 5.12. The molecule has 0 radical (unpaired) electrons. The molecule has 0 aliphatic heterocycles. The SMILES string of the molecule is CC(C)CNC(=O)Cn1cc(Cl)c(N)n1. The monoisotopic (exact) mass is 230 g/mol. The van der Waals surface area contributed by atoms with E-state index in [0.717, 1.165) is 0 Å². The number of nitrogens with zero attached hydrogens (tertiary/aromatic N) is 2. The molecule has 0 bridgehead atoms. The molecule has 0 saturated heterocycles. The van der Waals surface area contributed by atoms with E-state index >= 15 is 0 Å². The van der Waals surface area contributed by atoms with E-state index in [9.17, 15) is 4.79 Å². The van der Waals surface area contributed by atoms with Gasteiger partial charge in [-0.25, -0.2) is 0 Å². The van der Waals surface area contributed by atoms with Gasteiger partial charge in [-0.05, 0) is 5.92 Å². The van der Waals surface area contributed by atoms with Crippen LogP contribution in [0.3, 0.4) is 0 Å². The first-order valence-electron chi connectivity index (χ1n) is 4.74. The second-order valence-electron chi connectivity index (χ2n) is 3.76. The molecule has 1 aromatic heterocycles. The van der Waals surface area contributed by atoms with E-state index in [1.54, 1.807) is 0 Å². The number of nitrogens with two attached hydrogens (primary N) is 1. The zero-order valence-corrected chi connectivity index (χ0v) is 9.58. The first kappa shape index (κ1) is 11.8. The number of carbonyl (C=O) groups is 1. The van der Waals surface area contributed by atoms with Gasteiger partial charge in [0.05, 0.1) is 0 Å². The van der Waals surface area contributed by atoms with Gasteiger partial charge in [0.2, 0.25) is 5.91 Å². The van der Waals surface area contributed by atoms with E-state index in [4.69, 9.17) is 17.3 Å². The minimum Gasteiger partial charge on any atom is -0.381 e. The third-order valence-electron chi connectivity index (χ3n) is 1.76. The molecule has 0 aliphatic carbocycles. The number of hydrogen-bond donors (Lipinski definition) is 2. The second kappa shape index (κ2) is 5.02. The predicted molar refractivity (Wildman–Crippen MR) is 59.5 cm³/mol. The molecule has 0 aromatic carbocycles. The van der Waals surface area contributed by atoms with E-state index < -0.39 is 0 Å². The second-order valence-corrected chi connectivity index (χ2v) is 4.16. The van der Waals surface area contributed by atoms with Crippen LogP contribution in [-0.2, 0) is 11.3 Å². The van der Waals surface area contributed by atoms with Crippen molar-refractivity contribution in [3.63, 3.8) is 0 Å². The molecule has 0 atom stereocenters. The molecule has 1 rings (SSSR count). The Morgan fingerprint density at radius 3 is 2.87 bits per heavy atom. The predicted octanol–water partition coefficient (Wildman–Crippen LogP) is 0.891. The molecule has 15 heavy (non-hydrogen) atoms. The summed E-state index contributed by atoms with van der Waals surface area (Å²) >= 11 is 5.70. The largest absolute Gasteiger partial charge is 0.381 e. The summed E-state index contributed by atoms with van der Waals surface area (Å²) in [4.78, 5) is 11.4. The number of hydrogen-bond acceptors (Lipinski definition) is 3. The van der Waals surface area contributed by atoms with Gasteiger partial charge in [0.25, 0.3) is 0 Å². The number of amides is 1. The molecule has 5 nitrogen and oxygen atoms in total. The normalized spacial score (nSPS) is 10.7. The van der Waals surface area contributed by atoms with Crippen LogP contribution >= 0.6 is 11.6 Å². The van der Waals surface area contributed by atoms with Crippen LogP contribution in [0.15, 0.2) is 6.20 Å². The minimum atomic E-state index is -0.0946. The van der Waals surface area contributed by atoms with Crippen LogP contribution in [0.25, 0.3) is 0 Å². The fourth-order valence-electron chi connectivity index (χ4n) is 1.01. The van der Waals surface area contributed by atoms with Crippen molar-refractivity contribution in [2.75, 3.05) is 12.3 Å². The lowest BCUT2D eigenvalue weighted by Gasteiger charge is -2.07. The summed E-state index contributed by atoms with van der Waals surface area (Å²) < 4.78 is 1.42. The minimum absolute atomic E-state index is 0.0946. The zero-order chi connectivity index (χ0) is 11.4. The summed E-state index contributed by atoms with van der Waals surface area (Å²) in [5, 5.41) is 7.02. The topological polar surface area (TPSA) is 72.9 Å². The van der Waals surface area contributed by atoms with Crippen LogP contribution in [0.2, 0.25) is 5.02 Å². The van der Waals surface area contributed by atoms with Gasteiger partial charge >= 0.3 is 0 Å². The summed E-state index contributed by atoms with van der Waals surface area (Å²) in [5.41, 5.74) is 5.44. The van der Waals surface area contributed by atoms with Gasteiger partial charge in [0.1, 0.15) is 11.6 Å². The Morgan fingerprint density at radius 1 is 1.73 bits per heavy atom. The average Bonchev–Trinajstić information content (AvgIpc) is 2.42. The molecule has 0 fully saturated rings. The standard InChI is InChI=1S/C9H15ClN4O/c1-6(2)3-12-8(15)5-14-4-7(10)9(11)13-14/h4,6H,3,5H2,1-2H3,(H2,11,13)(H,12,15). The van der Waals surface area contributed by atoms with Crippen molar-refractivity contribution in [1.82, 2.24) is 15.1 Å². The summed E-state index contributed by atoms with van der Waals surface area (Å²) in [6.45, 7) is 4.86. The van der Waals surface area contributed by atoms with Gasteiger partial charge in [-0.15, -0.1) is 0 Å². The molecule has 0 unspecified atom stereocenters. The van der Waals surface area contributed by atoms with Crippen molar-refractivity contribution < 1.29 is 4.79 Å². The van der Waals surface area contributed by atoms with Gasteiger partial charge in [0, 0.05) is 12.7 Å². The highest BCUT2D eigenvalue weighted by atomic mass is 35.5. The van der Waals surface area contributed by atoms with Gasteiger partial charge in [-0.1, -0.05) is 25.4 Å². The summed E-state index contributed by atoms with van der Waals surface area (Å²) in [7, 11) is 0. The van der Waals surface area contributed by atoms with Crippen molar-refractivity contribution >= 4 is 23.3 Å². The van der Waals surface area contributed by atoms with E-state index in [0.29, 0.717) is 17.5 Å². The molecular weight excluding hydrogens is 216 g/mol. The highest BCUT2D eigenvalue weighted by molar-refractivity contribution is 6.32. The van der Waals surface area contributed by atoms with Crippen LogP contribution in [0.5, 0.6) is 0 Å². The average molecular weight is 231 g/mol. The van der Waals surface area contributed by atoms with Gasteiger partial charge < -0.3 is 11.1 Å². The number of nitrogen functional groups attached to an aromatic ring is 1. The number of rotatable bonds is 4. The zero-order valence-electron chi connectivity index (χ0n) is 8.83. The maximum Gasteiger partial charge on any atom is 0.241 e. The molecule has 0 saturated carbocycles. The van der Waals surface area contributed by atoms with E-state index in [-0.39, 0.29) is 18.3 Å². The quantitative estimate of drug-likeness (QED) is 0.807. The molecule has 6 heteroatoms. The van der Waals surface area contributed by atoms with Crippen molar-refractivity contribution in [2.45, 2.75) is 20.4 Å². The van der Waals surface area contributed by atoms with Crippen LogP contribution in [0.1, 0.15) is 13.8 Å². The lowest BCUT2D eigenvalue weighted by Crippen LogP contribution is -2.30. The maximum absolute atomic E-state index is 11.4. The maximum atomic E-state index is 11.4.